The third kappa shape index (κ3) is 6.04. The molecule has 1 N–H and O–H groups in total. The van der Waals surface area contributed by atoms with Crippen molar-refractivity contribution in [3.63, 3.8) is 0 Å². The quantitative estimate of drug-likeness (QED) is 0.311. The number of ether oxygens (including phenoxy) is 2. The van der Waals surface area contributed by atoms with Crippen LogP contribution in [0.5, 0.6) is 5.75 Å². The molecule has 0 aliphatic heterocycles. The zero-order chi connectivity index (χ0) is 22.9. The molecule has 7 heteroatoms. The Morgan fingerprint density at radius 1 is 1.06 bits per heavy atom. The van der Waals surface area contributed by atoms with Crippen molar-refractivity contribution in [3.8, 4) is 16.9 Å². The van der Waals surface area contributed by atoms with Crippen LogP contribution in [0.25, 0.3) is 17.2 Å². The van der Waals surface area contributed by atoms with E-state index in [0.29, 0.717) is 22.7 Å². The number of benzene rings is 2. The van der Waals surface area contributed by atoms with Gasteiger partial charge in [-0.05, 0) is 54.8 Å². The lowest BCUT2D eigenvalue weighted by Crippen LogP contribution is -2.12. The highest BCUT2D eigenvalue weighted by atomic mass is 32.1. The summed E-state index contributed by atoms with van der Waals surface area (Å²) < 4.78 is 24.0. The van der Waals surface area contributed by atoms with E-state index in [9.17, 15) is 14.0 Å². The van der Waals surface area contributed by atoms with Gasteiger partial charge in [-0.3, -0.25) is 4.79 Å². The van der Waals surface area contributed by atoms with Gasteiger partial charge in [-0.15, -0.1) is 11.3 Å². The molecule has 5 nitrogen and oxygen atoms in total. The van der Waals surface area contributed by atoms with Crippen LogP contribution >= 0.6 is 11.3 Å². The fourth-order valence-electron chi connectivity index (χ4n) is 2.92. The van der Waals surface area contributed by atoms with E-state index < -0.39 is 5.97 Å². The van der Waals surface area contributed by atoms with Gasteiger partial charge in [-0.1, -0.05) is 31.2 Å². The molecule has 166 valence electrons. The topological polar surface area (TPSA) is 64.6 Å². The second-order valence-corrected chi connectivity index (χ2v) is 7.70. The molecule has 0 bridgehead atoms. The van der Waals surface area contributed by atoms with Crippen molar-refractivity contribution in [1.29, 1.82) is 0 Å². The molecular formula is C25H24FNO4S. The summed E-state index contributed by atoms with van der Waals surface area (Å²) in [5, 5.41) is 4.87. The first kappa shape index (κ1) is 23.2. The second kappa shape index (κ2) is 11.2. The predicted octanol–water partition coefficient (Wildman–Crippen LogP) is 6.17. The van der Waals surface area contributed by atoms with E-state index in [4.69, 9.17) is 9.47 Å². The standard InChI is InChI=1S/C25H24FNO4S/c1-3-15-31-20-12-5-17(6-13-20)7-14-22(28)27-24-23(25(29)30-4-2)21(16-32-24)18-8-10-19(26)11-9-18/h5-14,16H,3-4,15H2,1-2H3,(H,27,28). The van der Waals surface area contributed by atoms with Crippen molar-refractivity contribution in [2.24, 2.45) is 0 Å². The maximum atomic E-state index is 13.3. The van der Waals surface area contributed by atoms with Crippen LogP contribution in [0.2, 0.25) is 0 Å². The Bertz CT molecular complexity index is 1090. The monoisotopic (exact) mass is 453 g/mol. The average Bonchev–Trinajstić information content (AvgIpc) is 3.21. The first-order chi connectivity index (χ1) is 15.5. The fraction of sp³-hybridized carbons (Fsp3) is 0.200. The van der Waals surface area contributed by atoms with Crippen LogP contribution < -0.4 is 10.1 Å². The normalized spacial score (nSPS) is 10.8. The van der Waals surface area contributed by atoms with Crippen LogP contribution in [0.15, 0.2) is 60.0 Å². The molecule has 3 aromatic rings. The van der Waals surface area contributed by atoms with Crippen molar-refractivity contribution in [2.45, 2.75) is 20.3 Å². The van der Waals surface area contributed by atoms with Crippen LogP contribution in [-0.2, 0) is 9.53 Å². The molecule has 32 heavy (non-hydrogen) atoms. The summed E-state index contributed by atoms with van der Waals surface area (Å²) >= 11 is 1.21. The summed E-state index contributed by atoms with van der Waals surface area (Å²) in [6.45, 7) is 4.60. The van der Waals surface area contributed by atoms with Crippen molar-refractivity contribution < 1.29 is 23.5 Å². The van der Waals surface area contributed by atoms with Crippen molar-refractivity contribution >= 4 is 34.3 Å². The lowest BCUT2D eigenvalue weighted by molar-refractivity contribution is -0.111. The number of hydrogen-bond acceptors (Lipinski definition) is 5. The van der Waals surface area contributed by atoms with Gasteiger partial charge in [-0.2, -0.15) is 0 Å². The van der Waals surface area contributed by atoms with E-state index in [1.807, 2.05) is 31.2 Å². The Labute approximate surface area is 190 Å². The number of carbonyl (C=O) groups is 2. The lowest BCUT2D eigenvalue weighted by Gasteiger charge is -2.08. The van der Waals surface area contributed by atoms with E-state index in [-0.39, 0.29) is 23.9 Å². The van der Waals surface area contributed by atoms with Gasteiger partial charge in [0.05, 0.1) is 13.2 Å². The molecular weight excluding hydrogens is 429 g/mol. The minimum absolute atomic E-state index is 0.197. The van der Waals surface area contributed by atoms with Crippen LogP contribution in [0.3, 0.4) is 0 Å². The Morgan fingerprint density at radius 3 is 2.44 bits per heavy atom. The Kier molecular flexibility index (Phi) is 8.16. The van der Waals surface area contributed by atoms with E-state index in [2.05, 4.69) is 5.32 Å². The average molecular weight is 454 g/mol. The highest BCUT2D eigenvalue weighted by molar-refractivity contribution is 7.15. The molecule has 0 saturated heterocycles. The summed E-state index contributed by atoms with van der Waals surface area (Å²) in [7, 11) is 0. The summed E-state index contributed by atoms with van der Waals surface area (Å²) in [5.41, 5.74) is 2.33. The molecule has 0 saturated carbocycles. The van der Waals surface area contributed by atoms with E-state index >= 15 is 0 Å². The highest BCUT2D eigenvalue weighted by Crippen LogP contribution is 2.36. The van der Waals surface area contributed by atoms with E-state index in [1.165, 1.54) is 29.5 Å². The number of esters is 1. The number of nitrogens with one attached hydrogen (secondary N) is 1. The summed E-state index contributed by atoms with van der Waals surface area (Å²) in [6.07, 6.45) is 4.01. The molecule has 0 unspecified atom stereocenters. The molecule has 1 aromatic heterocycles. The highest BCUT2D eigenvalue weighted by Gasteiger charge is 2.22. The smallest absolute Gasteiger partial charge is 0.341 e. The molecule has 0 aliphatic carbocycles. The third-order valence-corrected chi connectivity index (χ3v) is 5.34. The van der Waals surface area contributed by atoms with Gasteiger partial charge in [-0.25, -0.2) is 9.18 Å². The van der Waals surface area contributed by atoms with Gasteiger partial charge in [0.25, 0.3) is 0 Å². The second-order valence-electron chi connectivity index (χ2n) is 6.82. The molecule has 0 spiro atoms. The predicted molar refractivity (Wildman–Crippen MR) is 126 cm³/mol. The number of carbonyl (C=O) groups excluding carboxylic acids is 2. The Hall–Kier alpha value is -3.45. The van der Waals surface area contributed by atoms with Crippen LogP contribution in [0, 0.1) is 5.82 Å². The Morgan fingerprint density at radius 2 is 1.78 bits per heavy atom. The van der Waals surface area contributed by atoms with E-state index in [1.54, 1.807) is 30.5 Å². The number of hydrogen-bond donors (Lipinski definition) is 1. The van der Waals surface area contributed by atoms with Gasteiger partial charge in [0.1, 0.15) is 22.1 Å². The minimum Gasteiger partial charge on any atom is -0.494 e. The number of anilines is 1. The zero-order valence-electron chi connectivity index (χ0n) is 17.9. The first-order valence-electron chi connectivity index (χ1n) is 10.3. The summed E-state index contributed by atoms with van der Waals surface area (Å²) in [5.74, 6) is -0.519. The molecule has 0 fully saturated rings. The summed E-state index contributed by atoms with van der Waals surface area (Å²) in [4.78, 5) is 25.1. The lowest BCUT2D eigenvalue weighted by atomic mass is 10.0. The molecule has 0 aliphatic rings. The van der Waals surface area contributed by atoms with Gasteiger partial charge in [0.2, 0.25) is 5.91 Å². The van der Waals surface area contributed by atoms with E-state index in [0.717, 1.165) is 17.7 Å². The van der Waals surface area contributed by atoms with Crippen molar-refractivity contribution in [1.82, 2.24) is 0 Å². The molecule has 0 radical (unpaired) electrons. The molecule has 2 aromatic carbocycles. The molecule has 1 heterocycles. The number of amides is 1. The first-order valence-corrected chi connectivity index (χ1v) is 11.2. The Balaban J connectivity index is 1.77. The van der Waals surface area contributed by atoms with Crippen molar-refractivity contribution in [2.75, 3.05) is 18.5 Å². The fourth-order valence-corrected chi connectivity index (χ4v) is 3.88. The van der Waals surface area contributed by atoms with Gasteiger partial charge in [0, 0.05) is 17.0 Å². The van der Waals surface area contributed by atoms with Crippen LogP contribution in [0.1, 0.15) is 36.2 Å². The van der Waals surface area contributed by atoms with Gasteiger partial charge >= 0.3 is 5.97 Å². The minimum atomic E-state index is -0.546. The molecule has 3 rings (SSSR count). The number of halogens is 1. The maximum Gasteiger partial charge on any atom is 0.341 e. The van der Waals surface area contributed by atoms with Gasteiger partial charge in [0.15, 0.2) is 0 Å². The molecule has 0 atom stereocenters. The van der Waals surface area contributed by atoms with Crippen LogP contribution in [-0.4, -0.2) is 25.1 Å². The maximum absolute atomic E-state index is 13.3. The van der Waals surface area contributed by atoms with Crippen molar-refractivity contribution in [3.05, 3.63) is 76.9 Å². The van der Waals surface area contributed by atoms with Crippen LogP contribution in [0.4, 0.5) is 9.39 Å². The van der Waals surface area contributed by atoms with Gasteiger partial charge < -0.3 is 14.8 Å². The number of rotatable bonds is 9. The SMILES string of the molecule is CCCOc1ccc(C=CC(=O)Nc2scc(-c3ccc(F)cc3)c2C(=O)OCC)cc1. The zero-order valence-corrected chi connectivity index (χ0v) is 18.7. The number of thiophene rings is 1. The summed E-state index contributed by atoms with van der Waals surface area (Å²) in [6, 6.07) is 13.2. The molecule has 1 amide bonds. The largest absolute Gasteiger partial charge is 0.494 e. The third-order valence-electron chi connectivity index (χ3n) is 4.44.